The summed E-state index contributed by atoms with van der Waals surface area (Å²) in [7, 11) is 1.69. The lowest BCUT2D eigenvalue weighted by Crippen LogP contribution is -2.48. The number of hydrogen-bond donors (Lipinski definition) is 1. The normalized spacial score (nSPS) is 19.8. The van der Waals surface area contributed by atoms with Crippen LogP contribution < -0.4 is 5.32 Å². The molecule has 0 spiro atoms. The Morgan fingerprint density at radius 2 is 2.11 bits per heavy atom. The van der Waals surface area contributed by atoms with Gasteiger partial charge in [0.25, 0.3) is 0 Å². The average Bonchev–Trinajstić information content (AvgIpc) is 2.65. The molecule has 1 unspecified atom stereocenters. The van der Waals surface area contributed by atoms with E-state index in [2.05, 4.69) is 10.2 Å². The maximum Gasteiger partial charge on any atom is 0.323 e. The van der Waals surface area contributed by atoms with E-state index in [0.29, 0.717) is 13.0 Å². The zero-order valence-electron chi connectivity index (χ0n) is 12.7. The van der Waals surface area contributed by atoms with Crippen LogP contribution in [0.2, 0.25) is 0 Å². The van der Waals surface area contributed by atoms with Crippen LogP contribution >= 0.6 is 0 Å². The first kappa shape index (κ1) is 16.4. The highest BCUT2D eigenvalue weighted by atomic mass is 16.5. The van der Waals surface area contributed by atoms with E-state index in [9.17, 15) is 4.79 Å². The van der Waals surface area contributed by atoms with Crippen LogP contribution in [0.4, 0.5) is 0 Å². The van der Waals surface area contributed by atoms with Crippen LogP contribution in [0.1, 0.15) is 33.6 Å². The van der Waals surface area contributed by atoms with Crippen LogP contribution in [0.25, 0.3) is 0 Å². The van der Waals surface area contributed by atoms with E-state index in [4.69, 9.17) is 9.47 Å². The highest BCUT2D eigenvalue weighted by Gasteiger charge is 2.33. The fourth-order valence-electron chi connectivity index (χ4n) is 2.33. The van der Waals surface area contributed by atoms with Crippen molar-refractivity contribution < 1.29 is 14.3 Å². The van der Waals surface area contributed by atoms with E-state index in [1.54, 1.807) is 7.11 Å². The summed E-state index contributed by atoms with van der Waals surface area (Å²) in [6, 6.07) is -0.213. The van der Waals surface area contributed by atoms with Crippen LogP contribution in [-0.4, -0.2) is 62.4 Å². The van der Waals surface area contributed by atoms with Crippen molar-refractivity contribution in [2.75, 3.05) is 39.9 Å². The Morgan fingerprint density at radius 1 is 1.37 bits per heavy atom. The first-order valence-corrected chi connectivity index (χ1v) is 7.16. The van der Waals surface area contributed by atoms with E-state index in [-0.39, 0.29) is 17.6 Å². The second kappa shape index (κ2) is 7.82. The minimum absolute atomic E-state index is 0.130. The molecular weight excluding hydrogens is 244 g/mol. The topological polar surface area (TPSA) is 50.8 Å². The third kappa shape index (κ3) is 5.47. The maximum absolute atomic E-state index is 12.2. The van der Waals surface area contributed by atoms with Crippen LogP contribution in [-0.2, 0) is 14.3 Å². The second-order valence-corrected chi connectivity index (χ2v) is 5.58. The van der Waals surface area contributed by atoms with E-state index >= 15 is 0 Å². The fourth-order valence-corrected chi connectivity index (χ4v) is 2.33. The number of methoxy groups -OCH3 is 1. The molecule has 1 saturated heterocycles. The standard InChI is InChI=1S/C14H28N2O3/c1-5-19-13(17)12(11-14(2,3)18-4)16-9-6-7-15-8-10-16/h12,15H,5-11H2,1-4H3. The third-order valence-electron chi connectivity index (χ3n) is 3.61. The van der Waals surface area contributed by atoms with Gasteiger partial charge in [-0.05, 0) is 33.7 Å². The van der Waals surface area contributed by atoms with Gasteiger partial charge in [-0.3, -0.25) is 9.69 Å². The molecule has 0 saturated carbocycles. The van der Waals surface area contributed by atoms with E-state index in [1.807, 2.05) is 20.8 Å². The quantitative estimate of drug-likeness (QED) is 0.732. The van der Waals surface area contributed by atoms with Gasteiger partial charge in [-0.25, -0.2) is 0 Å². The molecule has 1 aliphatic heterocycles. The molecule has 19 heavy (non-hydrogen) atoms. The smallest absolute Gasteiger partial charge is 0.323 e. The first-order chi connectivity index (χ1) is 9.00. The number of carbonyl (C=O) groups excluding carboxylic acids is 1. The lowest BCUT2D eigenvalue weighted by Gasteiger charge is -2.34. The zero-order chi connectivity index (χ0) is 14.3. The molecule has 5 heteroatoms. The zero-order valence-corrected chi connectivity index (χ0v) is 12.7. The van der Waals surface area contributed by atoms with Gasteiger partial charge >= 0.3 is 5.97 Å². The molecule has 0 aromatic carbocycles. The molecule has 1 N–H and O–H groups in total. The van der Waals surface area contributed by atoms with Crippen LogP contribution in [0.3, 0.4) is 0 Å². The molecule has 0 bridgehead atoms. The molecule has 1 heterocycles. The molecular formula is C14H28N2O3. The molecule has 112 valence electrons. The molecule has 0 aromatic heterocycles. The van der Waals surface area contributed by atoms with Crippen LogP contribution in [0.15, 0.2) is 0 Å². The van der Waals surface area contributed by atoms with Crippen molar-refractivity contribution in [1.29, 1.82) is 0 Å². The van der Waals surface area contributed by atoms with Crippen LogP contribution in [0, 0.1) is 0 Å². The number of carbonyl (C=O) groups is 1. The summed E-state index contributed by atoms with van der Waals surface area (Å²) < 4.78 is 10.7. The molecule has 1 rings (SSSR count). The third-order valence-corrected chi connectivity index (χ3v) is 3.61. The molecule has 1 atom stereocenters. The van der Waals surface area contributed by atoms with Crippen LogP contribution in [0.5, 0.6) is 0 Å². The Balaban J connectivity index is 2.74. The van der Waals surface area contributed by atoms with E-state index in [0.717, 1.165) is 32.6 Å². The fraction of sp³-hybridized carbons (Fsp3) is 0.929. The predicted octanol–water partition coefficient (Wildman–Crippen LogP) is 1.03. The first-order valence-electron chi connectivity index (χ1n) is 7.16. The number of rotatable bonds is 6. The summed E-state index contributed by atoms with van der Waals surface area (Å²) >= 11 is 0. The Kier molecular flexibility index (Phi) is 6.75. The minimum Gasteiger partial charge on any atom is -0.465 e. The van der Waals surface area contributed by atoms with Crippen molar-refractivity contribution in [3.05, 3.63) is 0 Å². The Morgan fingerprint density at radius 3 is 2.74 bits per heavy atom. The number of hydrogen-bond acceptors (Lipinski definition) is 5. The predicted molar refractivity (Wildman–Crippen MR) is 75.2 cm³/mol. The van der Waals surface area contributed by atoms with Crippen molar-refractivity contribution in [1.82, 2.24) is 10.2 Å². The monoisotopic (exact) mass is 272 g/mol. The molecule has 0 amide bonds. The summed E-state index contributed by atoms with van der Waals surface area (Å²) in [6.45, 7) is 10.0. The highest BCUT2D eigenvalue weighted by molar-refractivity contribution is 5.76. The molecule has 0 aromatic rings. The number of esters is 1. The SMILES string of the molecule is CCOC(=O)C(CC(C)(C)OC)N1CCCNCC1. The highest BCUT2D eigenvalue weighted by Crippen LogP contribution is 2.21. The van der Waals surface area contributed by atoms with Crippen molar-refractivity contribution in [2.24, 2.45) is 0 Å². The van der Waals surface area contributed by atoms with Gasteiger partial charge in [0.2, 0.25) is 0 Å². The maximum atomic E-state index is 12.2. The number of nitrogens with one attached hydrogen (secondary N) is 1. The molecule has 5 nitrogen and oxygen atoms in total. The summed E-state index contributed by atoms with van der Waals surface area (Å²) in [6.07, 6.45) is 1.71. The van der Waals surface area contributed by atoms with Gasteiger partial charge in [0.15, 0.2) is 0 Å². The van der Waals surface area contributed by atoms with Gasteiger partial charge in [0, 0.05) is 33.2 Å². The summed E-state index contributed by atoms with van der Waals surface area (Å²) in [5.41, 5.74) is -0.322. The lowest BCUT2D eigenvalue weighted by molar-refractivity contribution is -0.152. The van der Waals surface area contributed by atoms with E-state index in [1.165, 1.54) is 0 Å². The van der Waals surface area contributed by atoms with E-state index < -0.39 is 0 Å². The Labute approximate surface area is 116 Å². The molecule has 1 aliphatic rings. The largest absolute Gasteiger partial charge is 0.465 e. The summed E-state index contributed by atoms with van der Waals surface area (Å²) in [5, 5.41) is 3.35. The lowest BCUT2D eigenvalue weighted by atomic mass is 9.97. The number of nitrogens with zero attached hydrogens (tertiary/aromatic N) is 1. The average molecular weight is 272 g/mol. The van der Waals surface area contributed by atoms with Gasteiger partial charge in [-0.1, -0.05) is 0 Å². The minimum atomic E-state index is -0.322. The van der Waals surface area contributed by atoms with Gasteiger partial charge in [0.05, 0.1) is 12.2 Å². The summed E-state index contributed by atoms with van der Waals surface area (Å²) in [4.78, 5) is 14.4. The van der Waals surface area contributed by atoms with Crippen molar-refractivity contribution in [3.8, 4) is 0 Å². The van der Waals surface area contributed by atoms with Gasteiger partial charge in [0.1, 0.15) is 6.04 Å². The Hall–Kier alpha value is -0.650. The molecule has 0 aliphatic carbocycles. The summed E-state index contributed by atoms with van der Waals surface area (Å²) in [5.74, 6) is -0.130. The number of ether oxygens (including phenoxy) is 2. The van der Waals surface area contributed by atoms with Gasteiger partial charge < -0.3 is 14.8 Å². The van der Waals surface area contributed by atoms with Crippen molar-refractivity contribution in [3.63, 3.8) is 0 Å². The molecule has 1 fully saturated rings. The Bertz CT molecular complexity index is 274. The van der Waals surface area contributed by atoms with Crippen molar-refractivity contribution >= 4 is 5.97 Å². The molecule has 0 radical (unpaired) electrons. The second-order valence-electron chi connectivity index (χ2n) is 5.58. The van der Waals surface area contributed by atoms with Crippen molar-refractivity contribution in [2.45, 2.75) is 45.3 Å². The van der Waals surface area contributed by atoms with Gasteiger partial charge in [-0.2, -0.15) is 0 Å². The van der Waals surface area contributed by atoms with Gasteiger partial charge in [-0.15, -0.1) is 0 Å².